The summed E-state index contributed by atoms with van der Waals surface area (Å²) in [7, 11) is 1.65. The highest BCUT2D eigenvalue weighted by molar-refractivity contribution is 7.09. The summed E-state index contributed by atoms with van der Waals surface area (Å²) >= 11 is 1.48. The molecule has 1 aromatic rings. The predicted molar refractivity (Wildman–Crippen MR) is 53.6 cm³/mol. The molecule has 0 aromatic carbocycles. The van der Waals surface area contributed by atoms with Crippen molar-refractivity contribution in [3.8, 4) is 0 Å². The lowest BCUT2D eigenvalue weighted by Gasteiger charge is -2.05. The van der Waals surface area contributed by atoms with Gasteiger partial charge >= 0.3 is 5.97 Å². The smallest absolute Gasteiger partial charge is 0.309 e. The van der Waals surface area contributed by atoms with Crippen molar-refractivity contribution in [3.63, 3.8) is 0 Å². The first-order valence-corrected chi connectivity index (χ1v) is 5.17. The van der Waals surface area contributed by atoms with Gasteiger partial charge < -0.3 is 9.84 Å². The standard InChI is InChI=1S/C9H13NO3S/c1-6(13-2)3-8-10-7(5-14-8)4-9(11)12/h5-6H,3-4H2,1-2H3,(H,11,12). The number of rotatable bonds is 5. The summed E-state index contributed by atoms with van der Waals surface area (Å²) < 4.78 is 5.09. The van der Waals surface area contributed by atoms with E-state index in [1.165, 1.54) is 11.3 Å². The second kappa shape index (κ2) is 5.07. The van der Waals surface area contributed by atoms with Crippen LogP contribution in [-0.2, 0) is 22.4 Å². The summed E-state index contributed by atoms with van der Waals surface area (Å²) in [4.78, 5) is 14.6. The Hall–Kier alpha value is -0.940. The highest BCUT2D eigenvalue weighted by Crippen LogP contribution is 2.13. The van der Waals surface area contributed by atoms with Crippen LogP contribution in [0.2, 0.25) is 0 Å². The molecule has 0 fully saturated rings. The van der Waals surface area contributed by atoms with Crippen LogP contribution < -0.4 is 0 Å². The maximum Gasteiger partial charge on any atom is 0.309 e. The molecule has 1 unspecified atom stereocenters. The van der Waals surface area contributed by atoms with Crippen molar-refractivity contribution in [1.82, 2.24) is 4.98 Å². The number of aliphatic carboxylic acids is 1. The Morgan fingerprint density at radius 1 is 1.79 bits per heavy atom. The van der Waals surface area contributed by atoms with Crippen LogP contribution in [0.5, 0.6) is 0 Å². The molecule has 1 aromatic heterocycles. The van der Waals surface area contributed by atoms with Crippen LogP contribution in [0.25, 0.3) is 0 Å². The van der Waals surface area contributed by atoms with Gasteiger partial charge in [-0.3, -0.25) is 4.79 Å². The van der Waals surface area contributed by atoms with Crippen LogP contribution in [-0.4, -0.2) is 29.3 Å². The maximum atomic E-state index is 10.4. The molecule has 0 radical (unpaired) electrons. The topological polar surface area (TPSA) is 59.4 Å². The number of carboxylic acid groups (broad SMARTS) is 1. The van der Waals surface area contributed by atoms with Crippen LogP contribution >= 0.6 is 11.3 Å². The van der Waals surface area contributed by atoms with Gasteiger partial charge in [-0.1, -0.05) is 0 Å². The van der Waals surface area contributed by atoms with E-state index in [2.05, 4.69) is 4.98 Å². The van der Waals surface area contributed by atoms with Crippen molar-refractivity contribution in [2.45, 2.75) is 25.9 Å². The predicted octanol–water partition coefficient (Wildman–Crippen LogP) is 1.35. The molecule has 1 atom stereocenters. The Bertz CT molecular complexity index is 311. The zero-order chi connectivity index (χ0) is 10.6. The Labute approximate surface area is 86.6 Å². The van der Waals surface area contributed by atoms with Gasteiger partial charge in [-0.05, 0) is 6.92 Å². The molecule has 0 spiro atoms. The van der Waals surface area contributed by atoms with E-state index in [1.807, 2.05) is 6.92 Å². The number of methoxy groups -OCH3 is 1. The van der Waals surface area contributed by atoms with Crippen molar-refractivity contribution in [1.29, 1.82) is 0 Å². The van der Waals surface area contributed by atoms with E-state index in [0.29, 0.717) is 5.69 Å². The molecule has 0 aliphatic carbocycles. The molecular weight excluding hydrogens is 202 g/mol. The largest absolute Gasteiger partial charge is 0.481 e. The monoisotopic (exact) mass is 215 g/mol. The van der Waals surface area contributed by atoms with E-state index >= 15 is 0 Å². The number of carboxylic acids is 1. The summed E-state index contributed by atoms with van der Waals surface area (Å²) in [6.45, 7) is 1.96. The second-order valence-corrected chi connectivity index (χ2v) is 4.00. The summed E-state index contributed by atoms with van der Waals surface area (Å²) in [5, 5.41) is 11.3. The fourth-order valence-corrected chi connectivity index (χ4v) is 1.92. The van der Waals surface area contributed by atoms with Gasteiger partial charge in [0.15, 0.2) is 0 Å². The molecular formula is C9H13NO3S. The molecule has 0 amide bonds. The Morgan fingerprint density at radius 3 is 3.07 bits per heavy atom. The van der Waals surface area contributed by atoms with E-state index in [4.69, 9.17) is 9.84 Å². The van der Waals surface area contributed by atoms with Crippen molar-refractivity contribution in [2.75, 3.05) is 7.11 Å². The molecule has 1 N–H and O–H groups in total. The SMILES string of the molecule is COC(C)Cc1nc(CC(=O)O)cs1. The molecule has 0 aliphatic heterocycles. The average Bonchev–Trinajstić information content (AvgIpc) is 2.51. The first-order valence-electron chi connectivity index (χ1n) is 4.29. The summed E-state index contributed by atoms with van der Waals surface area (Å²) in [5.74, 6) is -0.846. The lowest BCUT2D eigenvalue weighted by Crippen LogP contribution is -2.08. The highest BCUT2D eigenvalue weighted by Gasteiger charge is 2.08. The first kappa shape index (κ1) is 11.1. The highest BCUT2D eigenvalue weighted by atomic mass is 32.1. The van der Waals surface area contributed by atoms with E-state index in [1.54, 1.807) is 12.5 Å². The zero-order valence-corrected chi connectivity index (χ0v) is 9.00. The molecule has 78 valence electrons. The number of carbonyl (C=O) groups is 1. The zero-order valence-electron chi connectivity index (χ0n) is 8.19. The minimum absolute atomic E-state index is 0.00212. The van der Waals surface area contributed by atoms with Gasteiger partial charge in [0.25, 0.3) is 0 Å². The van der Waals surface area contributed by atoms with Gasteiger partial charge in [0.2, 0.25) is 0 Å². The van der Waals surface area contributed by atoms with Crippen molar-refractivity contribution >= 4 is 17.3 Å². The fraction of sp³-hybridized carbons (Fsp3) is 0.556. The number of thiazole rings is 1. The summed E-state index contributed by atoms with van der Waals surface area (Å²) in [6, 6.07) is 0. The van der Waals surface area contributed by atoms with Gasteiger partial charge in [0, 0.05) is 18.9 Å². The summed E-state index contributed by atoms with van der Waals surface area (Å²) in [5.41, 5.74) is 0.626. The second-order valence-electron chi connectivity index (χ2n) is 3.05. The summed E-state index contributed by atoms with van der Waals surface area (Å²) in [6.07, 6.45) is 0.859. The molecule has 1 heterocycles. The fourth-order valence-electron chi connectivity index (χ4n) is 1.01. The third-order valence-corrected chi connectivity index (χ3v) is 2.72. The first-order chi connectivity index (χ1) is 6.61. The van der Waals surface area contributed by atoms with Gasteiger partial charge in [0.1, 0.15) is 0 Å². The lowest BCUT2D eigenvalue weighted by molar-refractivity contribution is -0.136. The Kier molecular flexibility index (Phi) is 4.03. The third kappa shape index (κ3) is 3.43. The van der Waals surface area contributed by atoms with E-state index in [9.17, 15) is 4.79 Å². The molecule has 4 nitrogen and oxygen atoms in total. The molecule has 1 rings (SSSR count). The molecule has 5 heteroatoms. The van der Waals surface area contributed by atoms with Gasteiger partial charge in [-0.25, -0.2) is 4.98 Å². The van der Waals surface area contributed by atoms with Crippen molar-refractivity contribution < 1.29 is 14.6 Å². The molecule has 0 bridgehead atoms. The van der Waals surface area contributed by atoms with Crippen LogP contribution in [0.1, 0.15) is 17.6 Å². The lowest BCUT2D eigenvalue weighted by atomic mass is 10.3. The van der Waals surface area contributed by atoms with Crippen molar-refractivity contribution in [3.05, 3.63) is 16.1 Å². The molecule has 0 saturated carbocycles. The van der Waals surface area contributed by atoms with Crippen molar-refractivity contribution in [2.24, 2.45) is 0 Å². The Balaban J connectivity index is 2.54. The van der Waals surface area contributed by atoms with Gasteiger partial charge in [0.05, 0.1) is 23.2 Å². The number of nitrogens with zero attached hydrogens (tertiary/aromatic N) is 1. The number of hydrogen-bond donors (Lipinski definition) is 1. The van der Waals surface area contributed by atoms with E-state index < -0.39 is 5.97 Å². The molecule has 0 aliphatic rings. The minimum atomic E-state index is -0.846. The van der Waals surface area contributed by atoms with Crippen LogP contribution in [0.15, 0.2) is 5.38 Å². The molecule has 0 saturated heterocycles. The maximum absolute atomic E-state index is 10.4. The molecule has 14 heavy (non-hydrogen) atoms. The van der Waals surface area contributed by atoms with Gasteiger partial charge in [-0.2, -0.15) is 0 Å². The average molecular weight is 215 g/mol. The van der Waals surface area contributed by atoms with Crippen LogP contribution in [0.3, 0.4) is 0 Å². The van der Waals surface area contributed by atoms with E-state index in [-0.39, 0.29) is 12.5 Å². The number of ether oxygens (including phenoxy) is 1. The quantitative estimate of drug-likeness (QED) is 0.805. The Morgan fingerprint density at radius 2 is 2.50 bits per heavy atom. The number of aromatic nitrogens is 1. The van der Waals surface area contributed by atoms with Crippen LogP contribution in [0, 0.1) is 0 Å². The van der Waals surface area contributed by atoms with E-state index in [0.717, 1.165) is 11.4 Å². The van der Waals surface area contributed by atoms with Crippen LogP contribution in [0.4, 0.5) is 0 Å². The minimum Gasteiger partial charge on any atom is -0.481 e. The third-order valence-electron chi connectivity index (χ3n) is 1.80. The number of hydrogen-bond acceptors (Lipinski definition) is 4. The normalized spacial score (nSPS) is 12.7. The van der Waals surface area contributed by atoms with Gasteiger partial charge in [-0.15, -0.1) is 11.3 Å².